The summed E-state index contributed by atoms with van der Waals surface area (Å²) in [5, 5.41) is 20.3. The number of amides is 2. The molecule has 1 aliphatic carbocycles. The summed E-state index contributed by atoms with van der Waals surface area (Å²) in [5.74, 6) is -1.67. The van der Waals surface area contributed by atoms with E-state index in [0.29, 0.717) is 111 Å². The first-order valence-electron chi connectivity index (χ1n) is 25.8. The van der Waals surface area contributed by atoms with Gasteiger partial charge >= 0.3 is 6.01 Å². The molecular weight excluding hydrogens is 926 g/mol. The van der Waals surface area contributed by atoms with Gasteiger partial charge < -0.3 is 29.3 Å². The molecule has 6 aromatic rings. The number of nitrogens with zero attached hydrogens (tertiary/aromatic N) is 9. The predicted octanol–water partition coefficient (Wildman–Crippen LogP) is 7.34. The lowest BCUT2D eigenvalue weighted by Crippen LogP contribution is -2.56. The number of phenolic OH excluding ortho intramolecular Hbond substituents is 1. The van der Waals surface area contributed by atoms with E-state index in [1.54, 1.807) is 23.0 Å². The molecule has 18 heteroatoms. The monoisotopic (exact) mass is 986 g/mol. The minimum absolute atomic E-state index is 0.0370. The number of phenols is 1. The number of piperidine rings is 3. The van der Waals surface area contributed by atoms with Crippen molar-refractivity contribution in [3.63, 3.8) is 0 Å². The Bertz CT molecular complexity index is 3130. The third-order valence-electron chi connectivity index (χ3n) is 16.7. The third kappa shape index (κ3) is 8.65. The molecule has 5 aliphatic heterocycles. The van der Waals surface area contributed by atoms with Crippen LogP contribution in [0, 0.1) is 17.0 Å². The van der Waals surface area contributed by atoms with E-state index in [-0.39, 0.29) is 51.4 Å². The summed E-state index contributed by atoms with van der Waals surface area (Å²) in [7, 11) is 1.88. The summed E-state index contributed by atoms with van der Waals surface area (Å²) in [6, 6.07) is 12.2. The zero-order valence-corrected chi connectivity index (χ0v) is 41.0. The van der Waals surface area contributed by atoms with Gasteiger partial charge in [0.15, 0.2) is 5.82 Å². The van der Waals surface area contributed by atoms with Crippen molar-refractivity contribution < 1.29 is 37.3 Å². The Morgan fingerprint density at radius 1 is 0.889 bits per heavy atom. The van der Waals surface area contributed by atoms with E-state index in [4.69, 9.17) is 24.5 Å². The highest BCUT2D eigenvalue weighted by atomic mass is 19.1. The maximum Gasteiger partial charge on any atom is 0.319 e. The molecule has 15 nitrogen and oxygen atoms in total. The van der Waals surface area contributed by atoms with Crippen LogP contribution in [0.1, 0.15) is 81.9 Å². The second-order valence-electron chi connectivity index (χ2n) is 21.5. The van der Waals surface area contributed by atoms with Gasteiger partial charge in [-0.15, -0.1) is 0 Å². The number of alkyl halides is 1. The molecule has 378 valence electrons. The van der Waals surface area contributed by atoms with Crippen molar-refractivity contribution >= 4 is 55.9 Å². The minimum Gasteiger partial charge on any atom is -0.508 e. The van der Waals surface area contributed by atoms with E-state index in [9.17, 15) is 14.7 Å². The Morgan fingerprint density at radius 3 is 2.42 bits per heavy atom. The van der Waals surface area contributed by atoms with Gasteiger partial charge in [-0.1, -0.05) is 13.0 Å². The van der Waals surface area contributed by atoms with Gasteiger partial charge in [0, 0.05) is 114 Å². The molecule has 1 spiro atoms. The molecule has 3 aromatic carbocycles. The SMILES string of the molecule is CCc1c(F)ccc2cc(O)cc(-c3ncc4c(N5CCC[C@]6(CCO6)C5)nc(OCC5(CN6CCC(F)(CN7CCN(c8ccc9c(C%10CCC(=O)NC%10=O)nn(C)c9c8)CC7)CC6)CC5)nc4c3F)c12. The largest absolute Gasteiger partial charge is 0.508 e. The number of rotatable bonds is 12. The summed E-state index contributed by atoms with van der Waals surface area (Å²) < 4.78 is 63.5. The maximum atomic E-state index is 17.2. The van der Waals surface area contributed by atoms with Gasteiger partial charge in [-0.25, -0.2) is 13.2 Å². The van der Waals surface area contributed by atoms with Gasteiger partial charge in [-0.2, -0.15) is 15.1 Å². The first-order chi connectivity index (χ1) is 34.8. The molecule has 6 fully saturated rings. The predicted molar refractivity (Wildman–Crippen MR) is 267 cm³/mol. The summed E-state index contributed by atoms with van der Waals surface area (Å²) >= 11 is 0. The van der Waals surface area contributed by atoms with Crippen LogP contribution in [0.5, 0.6) is 11.8 Å². The van der Waals surface area contributed by atoms with Crippen molar-refractivity contribution in [2.45, 2.75) is 88.3 Å². The molecule has 12 rings (SSSR count). The van der Waals surface area contributed by atoms with Crippen molar-refractivity contribution in [2.24, 2.45) is 12.5 Å². The smallest absolute Gasteiger partial charge is 0.319 e. The van der Waals surface area contributed by atoms with E-state index >= 15 is 13.2 Å². The van der Waals surface area contributed by atoms with E-state index in [1.807, 2.05) is 20.0 Å². The first-order valence-corrected chi connectivity index (χ1v) is 25.8. The summed E-state index contributed by atoms with van der Waals surface area (Å²) in [6.07, 6.45) is 8.24. The number of piperazine rings is 1. The first kappa shape index (κ1) is 46.9. The number of hydrogen-bond donors (Lipinski definition) is 2. The molecular formula is C54H61F3N10O5. The van der Waals surface area contributed by atoms with Gasteiger partial charge in [0.25, 0.3) is 0 Å². The number of anilines is 2. The molecule has 0 bridgehead atoms. The topological polar surface area (TPSA) is 154 Å². The summed E-state index contributed by atoms with van der Waals surface area (Å²) in [6.45, 7) is 9.66. The van der Waals surface area contributed by atoms with Crippen LogP contribution in [-0.4, -0.2) is 141 Å². The summed E-state index contributed by atoms with van der Waals surface area (Å²) in [5.41, 5.74) is 1.66. The Labute approximate surface area is 415 Å². The lowest BCUT2D eigenvalue weighted by Gasteiger charge is -2.48. The van der Waals surface area contributed by atoms with Crippen LogP contribution in [0.15, 0.2) is 48.7 Å². The van der Waals surface area contributed by atoms with Crippen molar-refractivity contribution in [3.05, 3.63) is 71.6 Å². The molecule has 2 amide bonds. The Kier molecular flexibility index (Phi) is 11.8. The molecule has 1 unspecified atom stereocenters. The molecule has 2 N–H and O–H groups in total. The molecule has 1 saturated carbocycles. The summed E-state index contributed by atoms with van der Waals surface area (Å²) in [4.78, 5) is 47.8. The Balaban J connectivity index is 0.705. The molecule has 72 heavy (non-hydrogen) atoms. The fourth-order valence-corrected chi connectivity index (χ4v) is 12.3. The normalized spacial score (nSPS) is 23.5. The van der Waals surface area contributed by atoms with Gasteiger partial charge in [0.2, 0.25) is 11.8 Å². The fourth-order valence-electron chi connectivity index (χ4n) is 12.3. The number of aryl methyl sites for hydroxylation is 2. The van der Waals surface area contributed by atoms with Crippen LogP contribution in [0.3, 0.4) is 0 Å². The quantitative estimate of drug-likeness (QED) is 0.118. The average Bonchev–Trinajstić information content (AvgIpc) is 4.06. The van der Waals surface area contributed by atoms with Crippen LogP contribution in [0.2, 0.25) is 0 Å². The van der Waals surface area contributed by atoms with Crippen LogP contribution < -0.4 is 19.9 Å². The number of ether oxygens (including phenoxy) is 2. The van der Waals surface area contributed by atoms with Crippen molar-refractivity contribution in [1.29, 1.82) is 0 Å². The van der Waals surface area contributed by atoms with E-state index in [1.165, 1.54) is 12.1 Å². The second kappa shape index (κ2) is 18.1. The minimum atomic E-state index is -1.28. The molecule has 8 heterocycles. The number of benzene rings is 3. The number of nitrogens with one attached hydrogen (secondary N) is 1. The van der Waals surface area contributed by atoms with Crippen LogP contribution in [0.25, 0.3) is 43.8 Å². The zero-order valence-electron chi connectivity index (χ0n) is 41.0. The van der Waals surface area contributed by atoms with Gasteiger partial charge in [0.05, 0.1) is 41.3 Å². The lowest BCUT2D eigenvalue weighted by atomic mass is 9.86. The number of halogens is 3. The molecule has 3 aromatic heterocycles. The highest BCUT2D eigenvalue weighted by molar-refractivity contribution is 6.03. The van der Waals surface area contributed by atoms with Crippen molar-refractivity contribution in [1.82, 2.24) is 39.8 Å². The van der Waals surface area contributed by atoms with Crippen LogP contribution >= 0.6 is 0 Å². The number of hydrogen-bond acceptors (Lipinski definition) is 13. The third-order valence-corrected chi connectivity index (χ3v) is 16.7. The Morgan fingerprint density at radius 2 is 1.68 bits per heavy atom. The molecule has 0 radical (unpaired) electrons. The van der Waals surface area contributed by atoms with E-state index in [0.717, 1.165) is 81.4 Å². The number of aromatic hydroxyl groups is 1. The number of fused-ring (bicyclic) bond motifs is 3. The fraction of sp³-hybridized carbons (Fsp3) is 0.519. The zero-order chi connectivity index (χ0) is 49.5. The van der Waals surface area contributed by atoms with Gasteiger partial charge in [-0.05, 0) is 104 Å². The van der Waals surface area contributed by atoms with Crippen molar-refractivity contribution in [2.75, 3.05) is 88.5 Å². The highest BCUT2D eigenvalue weighted by Gasteiger charge is 2.48. The number of likely N-dealkylation sites (tertiary alicyclic amines) is 1. The number of carbonyl (C=O) groups is 2. The molecule has 5 saturated heterocycles. The van der Waals surface area contributed by atoms with E-state index < -0.39 is 23.2 Å². The number of pyridine rings is 1. The van der Waals surface area contributed by atoms with Crippen molar-refractivity contribution in [3.8, 4) is 23.0 Å². The maximum absolute atomic E-state index is 17.2. The molecule has 2 atom stereocenters. The highest BCUT2D eigenvalue weighted by Crippen LogP contribution is 2.48. The van der Waals surface area contributed by atoms with Gasteiger partial charge in [-0.3, -0.25) is 29.5 Å². The average molecular weight is 987 g/mol. The number of imide groups is 1. The Hall–Kier alpha value is -6.11. The lowest BCUT2D eigenvalue weighted by molar-refractivity contribution is -0.151. The number of carbonyl (C=O) groups excluding carboxylic acids is 2. The van der Waals surface area contributed by atoms with Gasteiger partial charge in [0.1, 0.15) is 34.3 Å². The standard InChI is InChI=1S/C54H61F3N10O5/c1-3-36-41(55)9-5-33-25-35(68)27-39(44(33)36)47-45(56)48-40(28-58-47)49(67-17-4-11-54(31-67)16-24-72-54)61-51(60-48)71-32-52(12-13-52)29-64-18-14-53(57,15-19-64)30-65-20-22-66(23-21-65)34-6-7-37-42(26-34)63(2)62-46(37)38-8-10-43(69)59-50(38)70/h5-7,9,25-28,38,68H,3-4,8,10-24,29-32H2,1-2H3,(H,59,69,70)/t38?,54-/m0/s1. The van der Waals surface area contributed by atoms with Crippen LogP contribution in [0.4, 0.5) is 24.7 Å². The van der Waals surface area contributed by atoms with Crippen LogP contribution in [-0.2, 0) is 27.8 Å². The number of aromatic nitrogens is 5. The second-order valence-corrected chi connectivity index (χ2v) is 21.5. The molecule has 6 aliphatic rings. The van der Waals surface area contributed by atoms with E-state index in [2.05, 4.69) is 42.0 Å².